The smallest absolute Gasteiger partial charge is 0.257 e. The van der Waals surface area contributed by atoms with E-state index in [1.807, 2.05) is 37.3 Å². The number of pyridine rings is 2. The number of aromatic nitrogens is 2. The number of thiophene rings is 1. The number of amides is 2. The molecular formula is C27H26N4O2S. The lowest BCUT2D eigenvalue weighted by molar-refractivity contribution is 0.100. The van der Waals surface area contributed by atoms with Gasteiger partial charge in [0, 0.05) is 28.2 Å². The van der Waals surface area contributed by atoms with Crippen LogP contribution in [-0.4, -0.2) is 21.8 Å². The van der Waals surface area contributed by atoms with Gasteiger partial charge in [-0.2, -0.15) is 0 Å². The second-order valence-corrected chi connectivity index (χ2v) is 9.86. The number of nitrogens with two attached hydrogens (primary N) is 1. The van der Waals surface area contributed by atoms with Gasteiger partial charge in [0.1, 0.15) is 5.00 Å². The highest BCUT2D eigenvalue weighted by molar-refractivity contribution is 7.17. The summed E-state index contributed by atoms with van der Waals surface area (Å²) in [6.07, 6.45) is 9.62. The zero-order chi connectivity index (χ0) is 23.7. The molecule has 3 aromatic heterocycles. The van der Waals surface area contributed by atoms with Crippen molar-refractivity contribution in [3.63, 3.8) is 0 Å². The van der Waals surface area contributed by atoms with Crippen LogP contribution in [0, 0.1) is 6.92 Å². The van der Waals surface area contributed by atoms with E-state index >= 15 is 0 Å². The highest BCUT2D eigenvalue weighted by Gasteiger charge is 2.25. The molecule has 1 aliphatic carbocycles. The third kappa shape index (κ3) is 4.31. The van der Waals surface area contributed by atoms with Crippen LogP contribution in [0.4, 0.5) is 5.00 Å². The molecule has 7 heteroatoms. The molecule has 34 heavy (non-hydrogen) atoms. The Kier molecular flexibility index (Phi) is 6.11. The second-order valence-electron chi connectivity index (χ2n) is 8.76. The number of carbonyl (C=O) groups is 2. The van der Waals surface area contributed by atoms with E-state index in [9.17, 15) is 9.59 Å². The fraction of sp³-hybridized carbons (Fsp3) is 0.259. The number of anilines is 1. The molecule has 3 N–H and O–H groups in total. The first-order chi connectivity index (χ1) is 16.5. The normalized spacial score (nSPS) is 13.7. The Hall–Kier alpha value is -3.58. The number of benzene rings is 1. The Balaban J connectivity index is 1.60. The summed E-state index contributed by atoms with van der Waals surface area (Å²) in [5, 5.41) is 4.34. The number of carbonyl (C=O) groups excluding carboxylic acids is 2. The maximum atomic E-state index is 13.6. The summed E-state index contributed by atoms with van der Waals surface area (Å²) in [6.45, 7) is 1.99. The molecule has 0 fully saturated rings. The maximum absolute atomic E-state index is 13.6. The fourth-order valence-corrected chi connectivity index (χ4v) is 5.92. The predicted octanol–water partition coefficient (Wildman–Crippen LogP) is 5.68. The zero-order valence-corrected chi connectivity index (χ0v) is 19.9. The number of nitrogens with zero attached hydrogens (tertiary/aromatic N) is 2. The Morgan fingerprint density at radius 2 is 1.88 bits per heavy atom. The van der Waals surface area contributed by atoms with Gasteiger partial charge in [-0.3, -0.25) is 14.6 Å². The van der Waals surface area contributed by atoms with Gasteiger partial charge in [-0.05, 0) is 68.5 Å². The molecule has 0 spiro atoms. The van der Waals surface area contributed by atoms with Gasteiger partial charge in [-0.1, -0.05) is 24.5 Å². The summed E-state index contributed by atoms with van der Waals surface area (Å²) >= 11 is 1.49. The highest BCUT2D eigenvalue weighted by atomic mass is 32.1. The quantitative estimate of drug-likeness (QED) is 0.401. The standard InChI is InChI=1S/C27H26N4O2S/c1-16-10-11-21-19(13-16)20(14-22(30-21)17-7-6-12-29-15-17)26(33)31-27-24(25(28)32)18-8-4-2-3-5-9-23(18)34-27/h6-7,10-15H,2-5,8-9H2,1H3,(H2,28,32)(H,31,33). The largest absolute Gasteiger partial charge is 0.365 e. The molecule has 5 rings (SSSR count). The Bertz CT molecular complexity index is 1400. The van der Waals surface area contributed by atoms with Crippen LogP contribution < -0.4 is 11.1 Å². The molecule has 4 aromatic rings. The minimum absolute atomic E-state index is 0.278. The lowest BCUT2D eigenvalue weighted by Crippen LogP contribution is -2.18. The molecule has 0 unspecified atom stereocenters. The number of rotatable bonds is 4. The van der Waals surface area contributed by atoms with Crippen LogP contribution in [0.25, 0.3) is 22.2 Å². The van der Waals surface area contributed by atoms with Gasteiger partial charge >= 0.3 is 0 Å². The first-order valence-electron chi connectivity index (χ1n) is 11.6. The van der Waals surface area contributed by atoms with E-state index < -0.39 is 5.91 Å². The minimum Gasteiger partial charge on any atom is -0.365 e. The lowest BCUT2D eigenvalue weighted by atomic mass is 9.96. The van der Waals surface area contributed by atoms with E-state index in [-0.39, 0.29) is 5.91 Å². The Morgan fingerprint density at radius 3 is 2.65 bits per heavy atom. The number of aryl methyl sites for hydroxylation is 2. The van der Waals surface area contributed by atoms with Crippen LogP contribution in [0.2, 0.25) is 0 Å². The average Bonchev–Trinajstić information content (AvgIpc) is 3.14. The third-order valence-corrected chi connectivity index (χ3v) is 7.52. The van der Waals surface area contributed by atoms with E-state index in [2.05, 4.69) is 10.3 Å². The molecule has 1 aliphatic rings. The van der Waals surface area contributed by atoms with Crippen LogP contribution in [-0.2, 0) is 12.8 Å². The molecule has 1 aromatic carbocycles. The van der Waals surface area contributed by atoms with Gasteiger partial charge in [-0.15, -0.1) is 11.3 Å². The first-order valence-corrected chi connectivity index (χ1v) is 12.4. The van der Waals surface area contributed by atoms with Crippen molar-refractivity contribution in [3.05, 3.63) is 75.9 Å². The predicted molar refractivity (Wildman–Crippen MR) is 136 cm³/mol. The van der Waals surface area contributed by atoms with E-state index in [0.717, 1.165) is 64.6 Å². The van der Waals surface area contributed by atoms with Gasteiger partial charge in [0.2, 0.25) is 0 Å². The SMILES string of the molecule is Cc1ccc2nc(-c3cccnc3)cc(C(=O)Nc3sc4c(c3C(N)=O)CCCCCC4)c2c1. The number of hydrogen-bond acceptors (Lipinski definition) is 5. The molecule has 6 nitrogen and oxygen atoms in total. The molecule has 0 saturated heterocycles. The summed E-state index contributed by atoms with van der Waals surface area (Å²) in [4.78, 5) is 36.2. The summed E-state index contributed by atoms with van der Waals surface area (Å²) in [7, 11) is 0. The van der Waals surface area contributed by atoms with Crippen molar-refractivity contribution in [2.45, 2.75) is 45.4 Å². The Labute approximate surface area is 202 Å². The van der Waals surface area contributed by atoms with Crippen molar-refractivity contribution >= 4 is 39.1 Å². The van der Waals surface area contributed by atoms with E-state index in [4.69, 9.17) is 10.7 Å². The molecule has 0 radical (unpaired) electrons. The summed E-state index contributed by atoms with van der Waals surface area (Å²) in [5.74, 6) is -0.764. The van der Waals surface area contributed by atoms with Crippen molar-refractivity contribution in [1.29, 1.82) is 0 Å². The molecule has 0 atom stereocenters. The second kappa shape index (κ2) is 9.35. The monoisotopic (exact) mass is 470 g/mol. The molecular weight excluding hydrogens is 444 g/mol. The molecule has 172 valence electrons. The first kappa shape index (κ1) is 22.2. The van der Waals surface area contributed by atoms with Crippen LogP contribution in [0.1, 0.15) is 62.4 Å². The lowest BCUT2D eigenvalue weighted by Gasteiger charge is -2.12. The third-order valence-electron chi connectivity index (χ3n) is 6.31. The molecule has 3 heterocycles. The van der Waals surface area contributed by atoms with Gasteiger partial charge in [0.05, 0.1) is 22.3 Å². The van der Waals surface area contributed by atoms with Crippen molar-refractivity contribution in [1.82, 2.24) is 9.97 Å². The van der Waals surface area contributed by atoms with Gasteiger partial charge in [0.15, 0.2) is 0 Å². The van der Waals surface area contributed by atoms with Crippen molar-refractivity contribution in [2.24, 2.45) is 5.73 Å². The van der Waals surface area contributed by atoms with Crippen molar-refractivity contribution in [2.75, 3.05) is 5.32 Å². The van der Waals surface area contributed by atoms with Gasteiger partial charge < -0.3 is 11.1 Å². The molecule has 0 bridgehead atoms. The van der Waals surface area contributed by atoms with Crippen LogP contribution in [0.5, 0.6) is 0 Å². The van der Waals surface area contributed by atoms with E-state index in [0.29, 0.717) is 21.8 Å². The minimum atomic E-state index is -0.486. The molecule has 2 amide bonds. The summed E-state index contributed by atoms with van der Waals surface area (Å²) in [6, 6.07) is 11.4. The molecule has 0 aliphatic heterocycles. The van der Waals surface area contributed by atoms with Crippen LogP contribution >= 0.6 is 11.3 Å². The highest BCUT2D eigenvalue weighted by Crippen LogP contribution is 2.37. The summed E-state index contributed by atoms with van der Waals surface area (Å²) < 4.78 is 0. The van der Waals surface area contributed by atoms with Crippen LogP contribution in [0.3, 0.4) is 0 Å². The fourth-order valence-electron chi connectivity index (χ4n) is 4.63. The van der Waals surface area contributed by atoms with E-state index in [1.54, 1.807) is 18.5 Å². The topological polar surface area (TPSA) is 98.0 Å². The van der Waals surface area contributed by atoms with Crippen molar-refractivity contribution in [3.8, 4) is 11.3 Å². The number of fused-ring (bicyclic) bond motifs is 2. The maximum Gasteiger partial charge on any atom is 0.257 e. The van der Waals surface area contributed by atoms with Crippen LogP contribution in [0.15, 0.2) is 48.8 Å². The van der Waals surface area contributed by atoms with Gasteiger partial charge in [-0.25, -0.2) is 4.98 Å². The van der Waals surface area contributed by atoms with Crippen molar-refractivity contribution < 1.29 is 9.59 Å². The van der Waals surface area contributed by atoms with E-state index in [1.165, 1.54) is 17.8 Å². The number of primary amides is 1. The summed E-state index contributed by atoms with van der Waals surface area (Å²) in [5.41, 5.74) is 11.0. The molecule has 0 saturated carbocycles. The average molecular weight is 471 g/mol. The van der Waals surface area contributed by atoms with Gasteiger partial charge in [0.25, 0.3) is 11.8 Å². The Morgan fingerprint density at radius 1 is 1.06 bits per heavy atom. The number of nitrogens with one attached hydrogen (secondary N) is 1. The zero-order valence-electron chi connectivity index (χ0n) is 19.1. The number of hydrogen-bond donors (Lipinski definition) is 2.